The van der Waals surface area contributed by atoms with Gasteiger partial charge in [0.15, 0.2) is 6.61 Å². The normalized spacial score (nSPS) is 10.4. The third kappa shape index (κ3) is 5.26. The molecule has 3 rings (SSSR count). The van der Waals surface area contributed by atoms with Crippen molar-refractivity contribution in [2.75, 3.05) is 11.9 Å². The number of carbonyl (C=O) groups excluding carboxylic acids is 2. The second kappa shape index (κ2) is 9.11. The molecule has 0 unspecified atom stereocenters. The number of nitrogens with one attached hydrogen (secondary N) is 1. The van der Waals surface area contributed by atoms with E-state index < -0.39 is 0 Å². The Morgan fingerprint density at radius 1 is 0.821 bits per heavy atom. The van der Waals surface area contributed by atoms with E-state index in [0.717, 1.165) is 0 Å². The number of Topliss-reactive ketones (excluding diaryl/α,β-unsaturated/α-hetero) is 1. The lowest BCUT2D eigenvalue weighted by atomic mass is 10.1. The lowest BCUT2D eigenvalue weighted by Gasteiger charge is -2.09. The van der Waals surface area contributed by atoms with Crippen molar-refractivity contribution in [2.24, 2.45) is 0 Å². The first kappa shape index (κ1) is 20.2. The van der Waals surface area contributed by atoms with E-state index in [1.807, 2.05) is 0 Å². The van der Waals surface area contributed by atoms with E-state index >= 15 is 0 Å². The van der Waals surface area contributed by atoms with E-state index in [4.69, 9.17) is 39.5 Å². The molecule has 28 heavy (non-hydrogen) atoms. The van der Waals surface area contributed by atoms with Crippen molar-refractivity contribution in [3.05, 3.63) is 92.9 Å². The number of halogens is 3. The first-order valence-corrected chi connectivity index (χ1v) is 9.34. The highest BCUT2D eigenvalue weighted by atomic mass is 35.5. The molecule has 0 fully saturated rings. The molecule has 3 aromatic rings. The first-order valence-electron chi connectivity index (χ1n) is 8.20. The van der Waals surface area contributed by atoms with Gasteiger partial charge in [-0.25, -0.2) is 0 Å². The summed E-state index contributed by atoms with van der Waals surface area (Å²) < 4.78 is 5.50. The zero-order valence-corrected chi connectivity index (χ0v) is 16.7. The summed E-state index contributed by atoms with van der Waals surface area (Å²) in [6.07, 6.45) is 0. The van der Waals surface area contributed by atoms with Crippen LogP contribution >= 0.6 is 34.8 Å². The Labute approximate surface area is 177 Å². The number of ketones is 1. The number of amides is 1. The van der Waals surface area contributed by atoms with Crippen LogP contribution < -0.4 is 10.1 Å². The van der Waals surface area contributed by atoms with Crippen LogP contribution in [0, 0.1) is 0 Å². The molecule has 0 aromatic heterocycles. The minimum atomic E-state index is -0.262. The fourth-order valence-electron chi connectivity index (χ4n) is 2.38. The zero-order chi connectivity index (χ0) is 20.1. The average Bonchev–Trinajstić information content (AvgIpc) is 2.67. The molecule has 7 heteroatoms. The number of ether oxygens (including phenoxy) is 1. The topological polar surface area (TPSA) is 55.4 Å². The number of rotatable bonds is 6. The van der Waals surface area contributed by atoms with Crippen LogP contribution in [0.4, 0.5) is 5.69 Å². The number of anilines is 1. The van der Waals surface area contributed by atoms with Crippen LogP contribution in [0.2, 0.25) is 15.1 Å². The molecule has 0 aliphatic rings. The van der Waals surface area contributed by atoms with Gasteiger partial charge in [0.25, 0.3) is 5.91 Å². The molecule has 0 heterocycles. The molecule has 0 spiro atoms. The van der Waals surface area contributed by atoms with Gasteiger partial charge in [-0.05, 0) is 66.7 Å². The smallest absolute Gasteiger partial charge is 0.255 e. The summed E-state index contributed by atoms with van der Waals surface area (Å²) >= 11 is 17.7. The van der Waals surface area contributed by atoms with Crippen LogP contribution in [0.15, 0.2) is 66.7 Å². The maximum atomic E-state index is 12.2. The second-order valence-electron chi connectivity index (χ2n) is 5.82. The second-order valence-corrected chi connectivity index (χ2v) is 7.10. The summed E-state index contributed by atoms with van der Waals surface area (Å²) in [7, 11) is 0. The third-order valence-electron chi connectivity index (χ3n) is 3.82. The SMILES string of the molecule is O=C(Nc1ccc(OCC(=O)c2ccc(Cl)cc2Cl)cc1)c1ccc(Cl)cc1. The van der Waals surface area contributed by atoms with Gasteiger partial charge < -0.3 is 10.1 Å². The third-order valence-corrected chi connectivity index (χ3v) is 4.62. The molecule has 0 saturated carbocycles. The van der Waals surface area contributed by atoms with Gasteiger partial charge in [-0.15, -0.1) is 0 Å². The summed E-state index contributed by atoms with van der Waals surface area (Å²) in [4.78, 5) is 24.4. The maximum absolute atomic E-state index is 12.2. The summed E-state index contributed by atoms with van der Waals surface area (Å²) in [6, 6.07) is 17.9. The highest BCUT2D eigenvalue weighted by Crippen LogP contribution is 2.22. The number of benzene rings is 3. The van der Waals surface area contributed by atoms with E-state index in [9.17, 15) is 9.59 Å². The highest BCUT2D eigenvalue weighted by Gasteiger charge is 2.12. The Balaban J connectivity index is 1.57. The van der Waals surface area contributed by atoms with E-state index in [0.29, 0.717) is 32.6 Å². The number of hydrogen-bond acceptors (Lipinski definition) is 3. The molecule has 0 aliphatic carbocycles. The average molecular weight is 435 g/mol. The Bertz CT molecular complexity index is 1000. The van der Waals surface area contributed by atoms with Gasteiger partial charge in [0.2, 0.25) is 5.78 Å². The van der Waals surface area contributed by atoms with Crippen LogP contribution in [-0.4, -0.2) is 18.3 Å². The Kier molecular flexibility index (Phi) is 6.57. The summed E-state index contributed by atoms with van der Waals surface area (Å²) in [6.45, 7) is -0.169. The zero-order valence-electron chi connectivity index (χ0n) is 14.4. The fraction of sp³-hybridized carbons (Fsp3) is 0.0476. The van der Waals surface area contributed by atoms with Crippen molar-refractivity contribution < 1.29 is 14.3 Å². The molecule has 0 aliphatic heterocycles. The van der Waals surface area contributed by atoms with E-state index in [1.165, 1.54) is 6.07 Å². The number of carbonyl (C=O) groups is 2. The van der Waals surface area contributed by atoms with Crippen LogP contribution in [-0.2, 0) is 0 Å². The minimum Gasteiger partial charge on any atom is -0.485 e. The van der Waals surface area contributed by atoms with Crippen molar-refractivity contribution in [2.45, 2.75) is 0 Å². The highest BCUT2D eigenvalue weighted by molar-refractivity contribution is 6.36. The van der Waals surface area contributed by atoms with Crippen LogP contribution in [0.3, 0.4) is 0 Å². The number of hydrogen-bond donors (Lipinski definition) is 1. The van der Waals surface area contributed by atoms with Crippen molar-refractivity contribution in [3.63, 3.8) is 0 Å². The van der Waals surface area contributed by atoms with E-state index in [-0.39, 0.29) is 23.3 Å². The maximum Gasteiger partial charge on any atom is 0.255 e. The monoisotopic (exact) mass is 433 g/mol. The molecule has 0 bridgehead atoms. The van der Waals surface area contributed by atoms with Crippen molar-refractivity contribution in [1.29, 1.82) is 0 Å². The van der Waals surface area contributed by atoms with Gasteiger partial charge in [-0.3, -0.25) is 9.59 Å². The minimum absolute atomic E-state index is 0.169. The van der Waals surface area contributed by atoms with Gasteiger partial charge in [0.05, 0.1) is 5.02 Å². The molecular formula is C21H14Cl3NO3. The lowest BCUT2D eigenvalue weighted by molar-refractivity contribution is 0.0921. The summed E-state index contributed by atoms with van der Waals surface area (Å²) in [5, 5.41) is 4.07. The Hall–Kier alpha value is -2.53. The molecule has 3 aromatic carbocycles. The van der Waals surface area contributed by atoms with Crippen molar-refractivity contribution >= 4 is 52.2 Å². The van der Waals surface area contributed by atoms with Gasteiger partial charge >= 0.3 is 0 Å². The fourth-order valence-corrected chi connectivity index (χ4v) is 3.02. The lowest BCUT2D eigenvalue weighted by Crippen LogP contribution is -2.13. The predicted molar refractivity (Wildman–Crippen MR) is 112 cm³/mol. The molecule has 0 saturated heterocycles. The Morgan fingerprint density at radius 2 is 1.46 bits per heavy atom. The quantitative estimate of drug-likeness (QED) is 0.473. The standard InChI is InChI=1S/C21H14Cl3NO3/c22-14-3-1-13(2-4-14)21(27)25-16-6-8-17(9-7-16)28-12-20(26)18-10-5-15(23)11-19(18)24/h1-11H,12H2,(H,25,27). The molecule has 1 N–H and O–H groups in total. The predicted octanol–water partition coefficient (Wildman–Crippen LogP) is 6.16. The van der Waals surface area contributed by atoms with Crippen LogP contribution in [0.25, 0.3) is 0 Å². The first-order chi connectivity index (χ1) is 13.4. The molecule has 0 radical (unpaired) electrons. The largest absolute Gasteiger partial charge is 0.485 e. The summed E-state index contributed by atoms with van der Waals surface area (Å²) in [5.74, 6) is -0.0254. The van der Waals surface area contributed by atoms with Crippen molar-refractivity contribution in [1.82, 2.24) is 0 Å². The summed E-state index contributed by atoms with van der Waals surface area (Å²) in [5.41, 5.74) is 1.44. The van der Waals surface area contributed by atoms with Crippen LogP contribution in [0.1, 0.15) is 20.7 Å². The molecule has 1 amide bonds. The van der Waals surface area contributed by atoms with Gasteiger partial charge in [0, 0.05) is 26.9 Å². The van der Waals surface area contributed by atoms with Gasteiger partial charge in [0.1, 0.15) is 5.75 Å². The Morgan fingerprint density at radius 3 is 2.11 bits per heavy atom. The van der Waals surface area contributed by atoms with E-state index in [1.54, 1.807) is 60.7 Å². The van der Waals surface area contributed by atoms with Gasteiger partial charge in [-0.1, -0.05) is 34.8 Å². The van der Waals surface area contributed by atoms with Crippen LogP contribution in [0.5, 0.6) is 5.75 Å². The van der Waals surface area contributed by atoms with Crippen molar-refractivity contribution in [3.8, 4) is 5.75 Å². The molecule has 4 nitrogen and oxygen atoms in total. The molecule has 0 atom stereocenters. The molecule has 142 valence electrons. The molecular weight excluding hydrogens is 421 g/mol. The van der Waals surface area contributed by atoms with Gasteiger partial charge in [-0.2, -0.15) is 0 Å². The van der Waals surface area contributed by atoms with E-state index in [2.05, 4.69) is 5.32 Å².